The van der Waals surface area contributed by atoms with Crippen molar-refractivity contribution in [1.82, 2.24) is 0 Å². The van der Waals surface area contributed by atoms with E-state index < -0.39 is 10.7 Å². The van der Waals surface area contributed by atoms with E-state index in [0.29, 0.717) is 5.56 Å². The summed E-state index contributed by atoms with van der Waals surface area (Å²) in [6.07, 6.45) is -0.159. The van der Waals surface area contributed by atoms with Gasteiger partial charge in [0.1, 0.15) is 4.75 Å². The van der Waals surface area contributed by atoms with E-state index in [1.54, 1.807) is 37.3 Å². The van der Waals surface area contributed by atoms with Gasteiger partial charge >= 0.3 is 18.9 Å². The van der Waals surface area contributed by atoms with Crippen LogP contribution >= 0.6 is 11.8 Å². The van der Waals surface area contributed by atoms with Crippen molar-refractivity contribution < 1.29 is 33.6 Å². The molecule has 1 unspecified atom stereocenters. The summed E-state index contributed by atoms with van der Waals surface area (Å²) >= 11 is 0.851. The van der Waals surface area contributed by atoms with Crippen LogP contribution in [0.4, 0.5) is 0 Å². The van der Waals surface area contributed by atoms with Gasteiger partial charge in [0.15, 0.2) is 0 Å². The van der Waals surface area contributed by atoms with Crippen molar-refractivity contribution in [2.24, 2.45) is 0 Å². The maximum atomic E-state index is 11.9. The first-order chi connectivity index (χ1) is 8.47. The van der Waals surface area contributed by atoms with Crippen LogP contribution in [0.5, 0.6) is 0 Å². The zero-order valence-corrected chi connectivity index (χ0v) is 11.7. The Morgan fingerprint density at radius 3 is 2.42 bits per heavy atom. The molecule has 19 heavy (non-hydrogen) atoms. The molecule has 0 aliphatic heterocycles. The molecule has 0 aliphatic carbocycles. The number of rotatable bonds is 5. The standard InChI is InChI=1S/C13H13NO3S.Li/c1-13(9-14,8-7-11(15)16)18-12(17)10-5-3-2-4-6-10;/h2-6H,7-8H2,1H3,(H,15,16);/q;+1/p-1. The second-order valence-corrected chi connectivity index (χ2v) is 5.45. The summed E-state index contributed by atoms with van der Waals surface area (Å²) in [6.45, 7) is 1.56. The van der Waals surface area contributed by atoms with Crippen LogP contribution in [0.1, 0.15) is 30.1 Å². The van der Waals surface area contributed by atoms with E-state index >= 15 is 0 Å². The Morgan fingerprint density at radius 2 is 1.95 bits per heavy atom. The Bertz CT molecular complexity index is 486. The fourth-order valence-corrected chi connectivity index (χ4v) is 2.22. The molecule has 0 amide bonds. The Morgan fingerprint density at radius 1 is 1.37 bits per heavy atom. The number of carboxylic acid groups (broad SMARTS) is 1. The van der Waals surface area contributed by atoms with Gasteiger partial charge < -0.3 is 9.90 Å². The van der Waals surface area contributed by atoms with E-state index in [4.69, 9.17) is 5.26 Å². The van der Waals surface area contributed by atoms with Gasteiger partial charge in [0.05, 0.1) is 6.07 Å². The molecule has 4 nitrogen and oxygen atoms in total. The molecule has 0 heterocycles. The van der Waals surface area contributed by atoms with Crippen LogP contribution < -0.4 is 24.0 Å². The van der Waals surface area contributed by atoms with Gasteiger partial charge in [-0.05, 0) is 19.8 Å². The zero-order valence-electron chi connectivity index (χ0n) is 10.9. The second kappa shape index (κ2) is 8.07. The molecule has 0 aromatic heterocycles. The molecule has 0 N–H and O–H groups in total. The maximum absolute atomic E-state index is 11.9. The number of nitriles is 1. The average molecular weight is 269 g/mol. The molecule has 0 saturated heterocycles. The molecule has 0 bridgehead atoms. The molecular formula is C13H12LiNO3S. The van der Waals surface area contributed by atoms with E-state index in [-0.39, 0.29) is 36.8 Å². The Balaban J connectivity index is 0.00000324. The first kappa shape index (κ1) is 17.8. The molecule has 94 valence electrons. The molecule has 1 aromatic carbocycles. The van der Waals surface area contributed by atoms with E-state index in [9.17, 15) is 14.7 Å². The van der Waals surface area contributed by atoms with Crippen LogP contribution in [-0.4, -0.2) is 15.8 Å². The second-order valence-electron chi connectivity index (χ2n) is 3.97. The predicted molar refractivity (Wildman–Crippen MR) is 66.6 cm³/mol. The summed E-state index contributed by atoms with van der Waals surface area (Å²) in [6, 6.07) is 10.6. The van der Waals surface area contributed by atoms with Gasteiger partial charge in [0.2, 0.25) is 5.12 Å². The number of benzene rings is 1. The molecule has 0 aliphatic rings. The normalized spacial score (nSPS) is 12.6. The van der Waals surface area contributed by atoms with Gasteiger partial charge in [-0.25, -0.2) is 0 Å². The smallest absolute Gasteiger partial charge is 0.550 e. The fraction of sp³-hybridized carbons (Fsp3) is 0.308. The maximum Gasteiger partial charge on any atom is 1.00 e. The van der Waals surface area contributed by atoms with Crippen molar-refractivity contribution >= 4 is 22.8 Å². The predicted octanol–water partition coefficient (Wildman–Crippen LogP) is -1.62. The number of carbonyl (C=O) groups excluding carboxylic acids is 2. The summed E-state index contributed by atoms with van der Waals surface area (Å²) in [5.41, 5.74) is 0.498. The topological polar surface area (TPSA) is 81.0 Å². The van der Waals surface area contributed by atoms with E-state index in [1.165, 1.54) is 0 Å². The quantitative estimate of drug-likeness (QED) is 0.600. The van der Waals surface area contributed by atoms with Crippen molar-refractivity contribution in [1.29, 1.82) is 5.26 Å². The number of nitrogens with zero attached hydrogens (tertiary/aromatic N) is 1. The van der Waals surface area contributed by atoms with Crippen molar-refractivity contribution in [3.8, 4) is 6.07 Å². The Hall–Kier alpha value is -1.20. The molecule has 0 fully saturated rings. The van der Waals surface area contributed by atoms with Gasteiger partial charge in [-0.15, -0.1) is 0 Å². The first-order valence-corrected chi connectivity index (χ1v) is 6.18. The third-order valence-corrected chi connectivity index (χ3v) is 3.54. The van der Waals surface area contributed by atoms with Gasteiger partial charge in [-0.3, -0.25) is 4.79 Å². The van der Waals surface area contributed by atoms with Gasteiger partial charge in [0, 0.05) is 11.5 Å². The van der Waals surface area contributed by atoms with Crippen molar-refractivity contribution in [2.75, 3.05) is 0 Å². The van der Waals surface area contributed by atoms with Crippen molar-refractivity contribution in [2.45, 2.75) is 24.5 Å². The number of carboxylic acids is 1. The van der Waals surface area contributed by atoms with Crippen molar-refractivity contribution in [3.05, 3.63) is 35.9 Å². The van der Waals surface area contributed by atoms with Crippen LogP contribution in [0.15, 0.2) is 30.3 Å². The minimum Gasteiger partial charge on any atom is -0.550 e. The average Bonchev–Trinajstić information content (AvgIpc) is 2.37. The molecule has 0 saturated carbocycles. The monoisotopic (exact) mass is 269 g/mol. The minimum absolute atomic E-state index is 0. The molecule has 0 spiro atoms. The molecule has 1 aromatic rings. The summed E-state index contributed by atoms with van der Waals surface area (Å²) in [7, 11) is 0. The SMILES string of the molecule is CC(C#N)(CCC(=O)[O-])SC(=O)c1ccccc1.[Li+]. The van der Waals surface area contributed by atoms with Crippen LogP contribution in [0.2, 0.25) is 0 Å². The van der Waals surface area contributed by atoms with Gasteiger partial charge in [-0.2, -0.15) is 5.26 Å². The van der Waals surface area contributed by atoms with E-state index in [2.05, 4.69) is 0 Å². The first-order valence-electron chi connectivity index (χ1n) is 5.36. The van der Waals surface area contributed by atoms with E-state index in [0.717, 1.165) is 11.8 Å². The fourth-order valence-electron chi connectivity index (χ4n) is 1.31. The number of carbonyl (C=O) groups is 2. The van der Waals surface area contributed by atoms with Crippen LogP contribution in [0.25, 0.3) is 0 Å². The van der Waals surface area contributed by atoms with Crippen molar-refractivity contribution in [3.63, 3.8) is 0 Å². The van der Waals surface area contributed by atoms with Gasteiger partial charge in [0.25, 0.3) is 0 Å². The Labute approximate surface area is 128 Å². The van der Waals surface area contributed by atoms with Crippen LogP contribution in [0.3, 0.4) is 0 Å². The number of hydrogen-bond acceptors (Lipinski definition) is 5. The summed E-state index contributed by atoms with van der Waals surface area (Å²) in [5.74, 6) is -1.22. The van der Waals surface area contributed by atoms with Crippen LogP contribution in [-0.2, 0) is 4.79 Å². The van der Waals surface area contributed by atoms with Crippen LogP contribution in [0, 0.1) is 11.3 Å². The van der Waals surface area contributed by atoms with E-state index in [1.807, 2.05) is 6.07 Å². The zero-order chi connectivity index (χ0) is 13.6. The molecule has 0 radical (unpaired) electrons. The Kier molecular flexibility index (Phi) is 7.56. The largest absolute Gasteiger partial charge is 1.00 e. The third-order valence-electron chi connectivity index (χ3n) is 2.37. The molecule has 1 atom stereocenters. The summed E-state index contributed by atoms with van der Waals surface area (Å²) < 4.78 is -1.05. The molecular weight excluding hydrogens is 257 g/mol. The molecule has 1 rings (SSSR count). The summed E-state index contributed by atoms with van der Waals surface area (Å²) in [4.78, 5) is 22.3. The molecule has 6 heteroatoms. The van der Waals surface area contributed by atoms with Gasteiger partial charge in [-0.1, -0.05) is 42.1 Å². The summed E-state index contributed by atoms with van der Waals surface area (Å²) in [5, 5.41) is 19.2. The third kappa shape index (κ3) is 5.98. The number of aliphatic carboxylic acids is 1. The number of hydrogen-bond donors (Lipinski definition) is 0. The minimum atomic E-state index is -1.22. The number of thioether (sulfide) groups is 1.